The highest BCUT2D eigenvalue weighted by Gasteiger charge is 2.16. The molecule has 0 atom stereocenters. The maximum absolute atomic E-state index is 14.2. The summed E-state index contributed by atoms with van der Waals surface area (Å²) in [6.07, 6.45) is 1.60. The first-order chi connectivity index (χ1) is 14.5. The van der Waals surface area contributed by atoms with E-state index in [4.69, 9.17) is 12.3 Å². The number of nitrogens with one attached hydrogen (secondary N) is 1. The van der Waals surface area contributed by atoms with Gasteiger partial charge in [-0.2, -0.15) is 5.10 Å². The number of H-pyrrole nitrogens is 1. The number of carbonyl (C=O) groups is 1. The van der Waals surface area contributed by atoms with Crippen LogP contribution in [0.2, 0.25) is 0 Å². The van der Waals surface area contributed by atoms with Crippen LogP contribution in [0.25, 0.3) is 26.9 Å². The molecule has 0 aliphatic heterocycles. The van der Waals surface area contributed by atoms with E-state index in [0.717, 1.165) is 22.0 Å². The predicted octanol–water partition coefficient (Wildman–Crippen LogP) is 4.56. The molecule has 0 bridgehead atoms. The van der Waals surface area contributed by atoms with Crippen LogP contribution in [0.3, 0.4) is 0 Å². The Morgan fingerprint density at radius 3 is 2.77 bits per heavy atom. The maximum atomic E-state index is 14.2. The van der Waals surface area contributed by atoms with Gasteiger partial charge in [-0.25, -0.2) is 9.24 Å². The van der Waals surface area contributed by atoms with Crippen molar-refractivity contribution in [2.45, 2.75) is 19.8 Å². The summed E-state index contributed by atoms with van der Waals surface area (Å²) >= 11 is 0. The van der Waals surface area contributed by atoms with Gasteiger partial charge in [0.25, 0.3) is 0 Å². The molecule has 0 fully saturated rings. The molecule has 2 aromatic heterocycles. The van der Waals surface area contributed by atoms with E-state index in [2.05, 4.69) is 20.0 Å². The first kappa shape index (κ1) is 19.3. The summed E-state index contributed by atoms with van der Waals surface area (Å²) in [5.41, 5.74) is 10.1. The zero-order valence-electron chi connectivity index (χ0n) is 16.2. The SMILES string of the molecule is [C-]#[N+]c1c(C)ccc(F)c1CC(=O)Cc1ccc(-c2cccc3[nH]nc(N)c23)cn1. The fraction of sp³-hybridized carbons (Fsp3) is 0.130. The topological polar surface area (TPSA) is 89.0 Å². The van der Waals surface area contributed by atoms with Gasteiger partial charge in [0.15, 0.2) is 11.5 Å². The summed E-state index contributed by atoms with van der Waals surface area (Å²) in [7, 11) is 0. The number of fused-ring (bicyclic) bond motifs is 1. The van der Waals surface area contributed by atoms with Gasteiger partial charge in [-0.05, 0) is 36.2 Å². The highest BCUT2D eigenvalue weighted by atomic mass is 19.1. The van der Waals surface area contributed by atoms with Crippen LogP contribution in [0.15, 0.2) is 48.7 Å². The molecule has 0 saturated heterocycles. The molecule has 30 heavy (non-hydrogen) atoms. The third kappa shape index (κ3) is 3.51. The molecule has 7 heteroatoms. The quantitative estimate of drug-likeness (QED) is 0.482. The van der Waals surface area contributed by atoms with E-state index < -0.39 is 5.82 Å². The number of hydrogen-bond donors (Lipinski definition) is 2. The van der Waals surface area contributed by atoms with E-state index in [-0.39, 0.29) is 29.9 Å². The molecule has 4 rings (SSSR count). The van der Waals surface area contributed by atoms with Gasteiger partial charge in [-0.1, -0.05) is 24.3 Å². The van der Waals surface area contributed by atoms with Crippen molar-refractivity contribution >= 4 is 28.2 Å². The number of halogens is 1. The number of rotatable bonds is 5. The molecule has 0 aliphatic carbocycles. The van der Waals surface area contributed by atoms with Crippen molar-refractivity contribution in [2.75, 3.05) is 5.73 Å². The Bertz CT molecular complexity index is 1300. The normalized spacial score (nSPS) is 10.8. The van der Waals surface area contributed by atoms with Crippen LogP contribution in [0.5, 0.6) is 0 Å². The standard InChI is InChI=1S/C23H18FN5O/c1-13-6-9-19(24)18(22(13)26-2)11-16(30)10-15-8-7-14(12-27-15)17-4-3-5-20-21(17)23(25)29-28-20/h3-9,12H,10-11H2,1H3,(H3,25,28,29). The summed E-state index contributed by atoms with van der Waals surface area (Å²) in [5.74, 6) is -0.324. The minimum Gasteiger partial charge on any atom is -0.382 e. The molecular formula is C23H18FN5O. The number of hydrogen-bond acceptors (Lipinski definition) is 4. The van der Waals surface area contributed by atoms with Crippen molar-refractivity contribution in [3.63, 3.8) is 0 Å². The third-order valence-electron chi connectivity index (χ3n) is 5.04. The maximum Gasteiger partial charge on any atom is 0.196 e. The van der Waals surface area contributed by atoms with Crippen molar-refractivity contribution in [1.82, 2.24) is 15.2 Å². The van der Waals surface area contributed by atoms with Crippen molar-refractivity contribution in [3.05, 3.63) is 82.7 Å². The molecular weight excluding hydrogens is 381 g/mol. The molecule has 2 aromatic carbocycles. The van der Waals surface area contributed by atoms with E-state index in [0.29, 0.717) is 17.1 Å². The lowest BCUT2D eigenvalue weighted by Crippen LogP contribution is -2.09. The van der Waals surface area contributed by atoms with Crippen LogP contribution >= 0.6 is 0 Å². The molecule has 0 saturated carbocycles. The summed E-state index contributed by atoms with van der Waals surface area (Å²) < 4.78 is 14.2. The number of pyridine rings is 1. The van der Waals surface area contributed by atoms with Gasteiger partial charge in [0.2, 0.25) is 0 Å². The fourth-order valence-electron chi connectivity index (χ4n) is 3.54. The Kier molecular flexibility index (Phi) is 4.98. The minimum atomic E-state index is -0.533. The van der Waals surface area contributed by atoms with Crippen LogP contribution < -0.4 is 5.73 Å². The molecule has 6 nitrogen and oxygen atoms in total. The van der Waals surface area contributed by atoms with Gasteiger partial charge in [-0.15, -0.1) is 0 Å². The van der Waals surface area contributed by atoms with Gasteiger partial charge < -0.3 is 5.73 Å². The highest BCUT2D eigenvalue weighted by molar-refractivity contribution is 6.01. The number of benzene rings is 2. The Labute approximate surface area is 172 Å². The number of nitrogen functional groups attached to an aromatic ring is 1. The van der Waals surface area contributed by atoms with Gasteiger partial charge in [0, 0.05) is 35.9 Å². The number of Topliss-reactive ketones (excluding diaryl/α,β-unsaturated/α-hetero) is 1. The molecule has 0 aliphatic rings. The Morgan fingerprint density at radius 1 is 1.20 bits per heavy atom. The van der Waals surface area contributed by atoms with Crippen molar-refractivity contribution < 1.29 is 9.18 Å². The summed E-state index contributed by atoms with van der Waals surface area (Å²) in [4.78, 5) is 20.3. The van der Waals surface area contributed by atoms with Crippen LogP contribution in [-0.2, 0) is 17.6 Å². The Hall–Kier alpha value is -4.05. The minimum absolute atomic E-state index is 0.0587. The number of carbonyl (C=O) groups excluding carboxylic acids is 1. The molecule has 3 N–H and O–H groups in total. The molecule has 0 spiro atoms. The van der Waals surface area contributed by atoms with E-state index in [9.17, 15) is 9.18 Å². The van der Waals surface area contributed by atoms with Gasteiger partial charge in [0.1, 0.15) is 11.6 Å². The first-order valence-electron chi connectivity index (χ1n) is 9.33. The molecule has 148 valence electrons. The number of anilines is 1. The fourth-order valence-corrected chi connectivity index (χ4v) is 3.54. The zero-order valence-corrected chi connectivity index (χ0v) is 16.2. The van der Waals surface area contributed by atoms with Crippen molar-refractivity contribution in [1.29, 1.82) is 0 Å². The Morgan fingerprint density at radius 2 is 2.03 bits per heavy atom. The largest absolute Gasteiger partial charge is 0.382 e. The monoisotopic (exact) mass is 399 g/mol. The van der Waals surface area contributed by atoms with Gasteiger partial charge >= 0.3 is 0 Å². The number of aromatic amines is 1. The molecule has 4 aromatic rings. The third-order valence-corrected chi connectivity index (χ3v) is 5.04. The average Bonchev–Trinajstić information content (AvgIpc) is 3.13. The second kappa shape index (κ2) is 7.76. The second-order valence-electron chi connectivity index (χ2n) is 7.07. The van der Waals surface area contributed by atoms with Crippen LogP contribution in [0.1, 0.15) is 16.8 Å². The zero-order chi connectivity index (χ0) is 21.3. The Balaban J connectivity index is 1.55. The summed E-state index contributed by atoms with van der Waals surface area (Å²) in [6.45, 7) is 9.00. The molecule has 2 heterocycles. The van der Waals surface area contributed by atoms with E-state index in [1.165, 1.54) is 6.07 Å². The highest BCUT2D eigenvalue weighted by Crippen LogP contribution is 2.31. The van der Waals surface area contributed by atoms with Crippen LogP contribution in [0, 0.1) is 19.3 Å². The number of aromatic nitrogens is 3. The number of nitrogens with two attached hydrogens (primary N) is 1. The van der Waals surface area contributed by atoms with Crippen molar-refractivity contribution in [3.8, 4) is 11.1 Å². The lowest BCUT2D eigenvalue weighted by Gasteiger charge is -2.08. The van der Waals surface area contributed by atoms with Gasteiger partial charge in [0.05, 0.1) is 17.5 Å². The van der Waals surface area contributed by atoms with E-state index in [1.807, 2.05) is 24.3 Å². The molecule has 0 radical (unpaired) electrons. The predicted molar refractivity (Wildman–Crippen MR) is 114 cm³/mol. The first-order valence-corrected chi connectivity index (χ1v) is 9.33. The lowest BCUT2D eigenvalue weighted by molar-refractivity contribution is -0.117. The smallest absolute Gasteiger partial charge is 0.196 e. The molecule has 0 amide bonds. The number of nitrogens with zero attached hydrogens (tertiary/aromatic N) is 3. The van der Waals surface area contributed by atoms with E-state index in [1.54, 1.807) is 25.3 Å². The number of aryl methyl sites for hydroxylation is 1. The lowest BCUT2D eigenvalue weighted by atomic mass is 9.99. The second-order valence-corrected chi connectivity index (χ2v) is 7.07. The average molecular weight is 399 g/mol. The van der Waals surface area contributed by atoms with E-state index >= 15 is 0 Å². The van der Waals surface area contributed by atoms with Crippen LogP contribution in [0.4, 0.5) is 15.9 Å². The van der Waals surface area contributed by atoms with Gasteiger partial charge in [-0.3, -0.25) is 14.9 Å². The van der Waals surface area contributed by atoms with Crippen molar-refractivity contribution in [2.24, 2.45) is 0 Å². The summed E-state index contributed by atoms with van der Waals surface area (Å²) in [6, 6.07) is 12.2. The summed E-state index contributed by atoms with van der Waals surface area (Å²) in [5, 5.41) is 7.75. The molecule has 0 unspecified atom stereocenters. The number of ketones is 1. The van der Waals surface area contributed by atoms with Crippen LogP contribution in [-0.4, -0.2) is 21.0 Å².